The van der Waals surface area contributed by atoms with Crippen LogP contribution in [-0.4, -0.2) is 40.1 Å². The predicted molar refractivity (Wildman–Crippen MR) is 152 cm³/mol. The van der Waals surface area contributed by atoms with E-state index >= 15 is 0 Å². The number of fused-ring (bicyclic) bond motifs is 2. The number of methoxy groups -OCH3 is 1. The molecule has 1 aromatic heterocycles. The minimum absolute atomic E-state index is 0.00691. The van der Waals surface area contributed by atoms with Crippen LogP contribution in [0.15, 0.2) is 58.6 Å². The van der Waals surface area contributed by atoms with Gasteiger partial charge in [0.1, 0.15) is 17.6 Å². The fourth-order valence-corrected chi connectivity index (χ4v) is 6.65. The third-order valence-electron chi connectivity index (χ3n) is 6.94. The van der Waals surface area contributed by atoms with E-state index in [4.69, 9.17) is 9.47 Å². The zero-order valence-corrected chi connectivity index (χ0v) is 23.6. The van der Waals surface area contributed by atoms with Crippen molar-refractivity contribution in [2.24, 2.45) is 0 Å². The summed E-state index contributed by atoms with van der Waals surface area (Å²) >= 11 is 4.63. The molecule has 198 valence electrons. The highest BCUT2D eigenvalue weighted by Crippen LogP contribution is 2.47. The van der Waals surface area contributed by atoms with Gasteiger partial charge in [0.15, 0.2) is 16.6 Å². The number of hydrogen-bond acceptors (Lipinski definition) is 8. The van der Waals surface area contributed by atoms with Crippen molar-refractivity contribution in [1.82, 2.24) is 4.98 Å². The smallest absolute Gasteiger partial charge is 0.301 e. The van der Waals surface area contributed by atoms with E-state index < -0.39 is 17.7 Å². The number of carbonyl (C=O) groups is 2. The summed E-state index contributed by atoms with van der Waals surface area (Å²) in [5, 5.41) is 22.3. The molecule has 1 amide bonds. The molecule has 0 unspecified atom stereocenters. The summed E-state index contributed by atoms with van der Waals surface area (Å²) < 4.78 is 12.3. The summed E-state index contributed by atoms with van der Waals surface area (Å²) in [4.78, 5) is 33.2. The number of aryl methyl sites for hydroxylation is 1. The Labute approximate surface area is 236 Å². The topological polar surface area (TPSA) is 109 Å². The van der Waals surface area contributed by atoms with Gasteiger partial charge < -0.3 is 19.7 Å². The summed E-state index contributed by atoms with van der Waals surface area (Å²) in [6, 6.07) is 13.1. The number of anilines is 1. The molecule has 2 atom stereocenters. The number of carbonyl (C=O) groups excluding carboxylic acids is 2. The van der Waals surface area contributed by atoms with Crippen molar-refractivity contribution in [2.45, 2.75) is 32.4 Å². The fourth-order valence-electron chi connectivity index (χ4n) is 5.10. The van der Waals surface area contributed by atoms with Crippen molar-refractivity contribution in [3.63, 3.8) is 0 Å². The van der Waals surface area contributed by atoms with E-state index in [9.17, 15) is 19.8 Å². The minimum atomic E-state index is -1.03. The van der Waals surface area contributed by atoms with Crippen molar-refractivity contribution in [1.29, 1.82) is 0 Å². The van der Waals surface area contributed by atoms with Gasteiger partial charge in [0, 0.05) is 12.0 Å². The third kappa shape index (κ3) is 4.15. The maximum atomic E-state index is 13.6. The monoisotopic (exact) mass is 606 g/mol. The molecule has 2 N–H and O–H groups in total. The van der Waals surface area contributed by atoms with Gasteiger partial charge in [0.2, 0.25) is 0 Å². The van der Waals surface area contributed by atoms with Crippen LogP contribution < -0.4 is 14.4 Å². The summed E-state index contributed by atoms with van der Waals surface area (Å²) in [5.74, 6) is -1.19. The van der Waals surface area contributed by atoms with Crippen LogP contribution in [0.4, 0.5) is 5.13 Å². The molecule has 2 aliphatic heterocycles. The second-order valence-electron chi connectivity index (χ2n) is 9.65. The highest BCUT2D eigenvalue weighted by Gasteiger charge is 2.48. The van der Waals surface area contributed by atoms with Gasteiger partial charge in [-0.1, -0.05) is 17.4 Å². The SMILES string of the molecule is COc1cc([C@@H]2/C(=C(\O)c3ccc4c(c3)C[C@H](C)O4)C(=O)C(=O)N2c2nc3ccc(C)cc3s2)cc(Br)c1O. The number of amides is 1. The number of Topliss-reactive ketones (excluding diaryl/α,β-unsaturated/α-hetero) is 1. The molecular weight excluding hydrogens is 584 g/mol. The Morgan fingerprint density at radius 1 is 1.18 bits per heavy atom. The van der Waals surface area contributed by atoms with Gasteiger partial charge in [-0.2, -0.15) is 0 Å². The largest absolute Gasteiger partial charge is 0.507 e. The molecule has 8 nitrogen and oxygen atoms in total. The Morgan fingerprint density at radius 2 is 1.97 bits per heavy atom. The number of thiazole rings is 1. The molecule has 39 heavy (non-hydrogen) atoms. The lowest BCUT2D eigenvalue weighted by Crippen LogP contribution is -2.29. The molecule has 0 aliphatic carbocycles. The second-order valence-corrected chi connectivity index (χ2v) is 11.5. The number of aromatic nitrogens is 1. The number of phenolic OH excluding ortho intramolecular Hbond substituents is 1. The van der Waals surface area contributed by atoms with Crippen molar-refractivity contribution >= 4 is 60.1 Å². The number of nitrogens with zero attached hydrogens (tertiary/aromatic N) is 2. The van der Waals surface area contributed by atoms with E-state index in [0.717, 1.165) is 21.6 Å². The van der Waals surface area contributed by atoms with Crippen LogP contribution >= 0.6 is 27.3 Å². The number of rotatable bonds is 4. The van der Waals surface area contributed by atoms with E-state index in [0.29, 0.717) is 32.7 Å². The van der Waals surface area contributed by atoms with Crippen LogP contribution in [0.1, 0.15) is 35.2 Å². The summed E-state index contributed by atoms with van der Waals surface area (Å²) in [6.07, 6.45) is 0.675. The number of aliphatic hydroxyl groups excluding tert-OH is 1. The van der Waals surface area contributed by atoms with Crippen LogP contribution in [0.25, 0.3) is 16.0 Å². The van der Waals surface area contributed by atoms with Gasteiger partial charge >= 0.3 is 5.91 Å². The number of ketones is 1. The quantitative estimate of drug-likeness (QED) is 0.166. The Kier molecular flexibility index (Phi) is 6.11. The average Bonchev–Trinajstić information content (AvgIpc) is 3.57. The molecule has 0 spiro atoms. The minimum Gasteiger partial charge on any atom is -0.507 e. The van der Waals surface area contributed by atoms with E-state index in [2.05, 4.69) is 20.9 Å². The lowest BCUT2D eigenvalue weighted by Gasteiger charge is -2.24. The maximum Gasteiger partial charge on any atom is 0.301 e. The lowest BCUT2D eigenvalue weighted by molar-refractivity contribution is -0.132. The number of aromatic hydroxyl groups is 1. The third-order valence-corrected chi connectivity index (χ3v) is 8.56. The lowest BCUT2D eigenvalue weighted by atomic mass is 9.94. The van der Waals surface area contributed by atoms with Crippen LogP contribution in [0.3, 0.4) is 0 Å². The summed E-state index contributed by atoms with van der Waals surface area (Å²) in [7, 11) is 1.41. The first-order valence-electron chi connectivity index (χ1n) is 12.2. The van der Waals surface area contributed by atoms with Crippen molar-refractivity contribution in [3.8, 4) is 17.2 Å². The van der Waals surface area contributed by atoms with Gasteiger partial charge in [-0.3, -0.25) is 14.5 Å². The Morgan fingerprint density at radius 3 is 2.74 bits per heavy atom. The molecule has 3 aromatic carbocycles. The first kappa shape index (κ1) is 25.4. The van der Waals surface area contributed by atoms with Gasteiger partial charge in [-0.15, -0.1) is 0 Å². The van der Waals surface area contributed by atoms with Crippen molar-refractivity contribution < 1.29 is 29.3 Å². The molecular formula is C29H23BrN2O6S. The van der Waals surface area contributed by atoms with E-state index in [1.807, 2.05) is 32.0 Å². The van der Waals surface area contributed by atoms with Crippen molar-refractivity contribution in [2.75, 3.05) is 12.0 Å². The van der Waals surface area contributed by atoms with E-state index in [-0.39, 0.29) is 28.9 Å². The number of ether oxygens (including phenoxy) is 2. The zero-order valence-electron chi connectivity index (χ0n) is 21.2. The fraction of sp³-hybridized carbons (Fsp3) is 0.207. The first-order valence-corrected chi connectivity index (χ1v) is 13.8. The van der Waals surface area contributed by atoms with Gasteiger partial charge in [0.05, 0.1) is 33.4 Å². The Bertz CT molecular complexity index is 1730. The molecule has 4 aromatic rings. The van der Waals surface area contributed by atoms with E-state index in [1.54, 1.807) is 30.3 Å². The maximum absolute atomic E-state index is 13.6. The van der Waals surface area contributed by atoms with Crippen LogP contribution in [-0.2, 0) is 16.0 Å². The number of benzene rings is 3. The van der Waals surface area contributed by atoms with Gasteiger partial charge in [-0.05, 0) is 88.9 Å². The molecule has 6 rings (SSSR count). The molecule has 0 radical (unpaired) electrons. The van der Waals surface area contributed by atoms with E-state index in [1.165, 1.54) is 23.3 Å². The number of phenols is 1. The second kappa shape index (κ2) is 9.39. The van der Waals surface area contributed by atoms with Crippen LogP contribution in [0.5, 0.6) is 17.2 Å². The molecule has 2 aliphatic rings. The van der Waals surface area contributed by atoms with Crippen LogP contribution in [0.2, 0.25) is 0 Å². The molecule has 1 fully saturated rings. The molecule has 0 bridgehead atoms. The van der Waals surface area contributed by atoms with Gasteiger partial charge in [0.25, 0.3) is 5.78 Å². The normalized spacial score (nSPS) is 19.9. The Balaban J connectivity index is 1.57. The Hall–Kier alpha value is -3.89. The number of hydrogen-bond donors (Lipinski definition) is 2. The van der Waals surface area contributed by atoms with Gasteiger partial charge in [-0.25, -0.2) is 4.98 Å². The molecule has 3 heterocycles. The molecule has 10 heteroatoms. The highest BCUT2D eigenvalue weighted by atomic mass is 79.9. The number of aliphatic hydroxyl groups is 1. The van der Waals surface area contributed by atoms with Crippen molar-refractivity contribution in [3.05, 3.63) is 80.8 Å². The highest BCUT2D eigenvalue weighted by molar-refractivity contribution is 9.10. The average molecular weight is 607 g/mol. The summed E-state index contributed by atoms with van der Waals surface area (Å²) in [5.41, 5.74) is 3.41. The zero-order chi connectivity index (χ0) is 27.6. The first-order chi connectivity index (χ1) is 18.7. The molecule has 0 saturated carbocycles. The van der Waals surface area contributed by atoms with Crippen LogP contribution in [0, 0.1) is 6.92 Å². The molecule has 1 saturated heterocycles. The predicted octanol–water partition coefficient (Wildman–Crippen LogP) is 6.03. The summed E-state index contributed by atoms with van der Waals surface area (Å²) in [6.45, 7) is 3.92. The standard InChI is InChI=1S/C29H23BrN2O6S/c1-13-4-6-19-22(8-13)39-29(31-19)32-24(17-11-18(30)26(34)21(12-17)37-3)23(27(35)28(32)36)25(33)15-5-7-20-16(10-15)9-14(2)38-20/h4-8,10-12,14,24,33-34H,9H2,1-3H3/b25-23+/t14-,24+/m0/s1. The number of halogens is 1.